The lowest BCUT2D eigenvalue weighted by Crippen LogP contribution is -2.45. The van der Waals surface area contributed by atoms with E-state index in [1.807, 2.05) is 36.4 Å². The van der Waals surface area contributed by atoms with E-state index in [-0.39, 0.29) is 43.5 Å². The fourth-order valence-electron chi connectivity index (χ4n) is 4.36. The Morgan fingerprint density at radius 2 is 1.94 bits per heavy atom. The molecule has 2 N–H and O–H groups in total. The SMILES string of the molecule is C=CCCCCC(=O)OC[C@@H](Cc1ccccc1)NC(=O)[C@H](CC=C)CC(=O)N1CCC[C@H]1CO. The van der Waals surface area contributed by atoms with Crippen LogP contribution in [0.5, 0.6) is 0 Å². The van der Waals surface area contributed by atoms with Gasteiger partial charge in [0.15, 0.2) is 0 Å². The van der Waals surface area contributed by atoms with Crippen molar-refractivity contribution >= 4 is 17.8 Å². The van der Waals surface area contributed by atoms with Crippen molar-refractivity contribution in [1.82, 2.24) is 10.2 Å². The van der Waals surface area contributed by atoms with Crippen molar-refractivity contribution in [3.63, 3.8) is 0 Å². The number of unbranched alkanes of at least 4 members (excludes halogenated alkanes) is 2. The van der Waals surface area contributed by atoms with Crippen LogP contribution in [0.25, 0.3) is 0 Å². The molecule has 0 aliphatic carbocycles. The van der Waals surface area contributed by atoms with E-state index < -0.39 is 12.0 Å². The first-order valence-corrected chi connectivity index (χ1v) is 12.6. The molecule has 0 unspecified atom stereocenters. The number of allylic oxidation sites excluding steroid dienone is 2. The molecule has 7 heteroatoms. The fourth-order valence-corrected chi connectivity index (χ4v) is 4.36. The van der Waals surface area contributed by atoms with Crippen LogP contribution >= 0.6 is 0 Å². The largest absolute Gasteiger partial charge is 0.463 e. The zero-order valence-electron chi connectivity index (χ0n) is 20.7. The number of ether oxygens (including phenoxy) is 1. The molecule has 192 valence electrons. The molecule has 3 atom stereocenters. The minimum Gasteiger partial charge on any atom is -0.463 e. The molecule has 1 aliphatic rings. The first-order valence-electron chi connectivity index (χ1n) is 12.6. The molecule has 0 radical (unpaired) electrons. The Kier molecular flexibility index (Phi) is 12.8. The molecule has 0 saturated carbocycles. The average molecular weight is 485 g/mol. The standard InChI is InChI=1S/C28H40N2O5/c1-3-5-6-10-16-27(33)35-21-24(18-22-13-8-7-9-14-22)29-28(34)23(12-4-2)19-26(32)30-17-11-15-25(30)20-31/h3-4,7-9,13-14,23-25,31H,1-2,5-6,10-12,15-21H2,(H,29,34)/t23-,24-,25+/m1/s1. The average Bonchev–Trinajstić information content (AvgIpc) is 3.34. The number of likely N-dealkylation sites (tertiary alicyclic amines) is 1. The molecule has 0 spiro atoms. The van der Waals surface area contributed by atoms with Gasteiger partial charge in [0.05, 0.1) is 24.6 Å². The molecule has 1 saturated heterocycles. The highest BCUT2D eigenvalue weighted by Gasteiger charge is 2.31. The van der Waals surface area contributed by atoms with Gasteiger partial charge in [0.25, 0.3) is 0 Å². The highest BCUT2D eigenvalue weighted by molar-refractivity contribution is 5.86. The van der Waals surface area contributed by atoms with Crippen LogP contribution < -0.4 is 5.32 Å². The maximum Gasteiger partial charge on any atom is 0.305 e. The second-order valence-electron chi connectivity index (χ2n) is 9.10. The molecule has 1 aromatic rings. The highest BCUT2D eigenvalue weighted by atomic mass is 16.5. The molecule has 7 nitrogen and oxygen atoms in total. The molecular weight excluding hydrogens is 444 g/mol. The minimum atomic E-state index is -0.576. The quantitative estimate of drug-likeness (QED) is 0.212. The highest BCUT2D eigenvalue weighted by Crippen LogP contribution is 2.21. The number of esters is 1. The Morgan fingerprint density at radius 3 is 2.63 bits per heavy atom. The molecule has 0 bridgehead atoms. The van der Waals surface area contributed by atoms with E-state index in [2.05, 4.69) is 18.5 Å². The van der Waals surface area contributed by atoms with Crippen molar-refractivity contribution in [3.05, 3.63) is 61.2 Å². The topological polar surface area (TPSA) is 95.9 Å². The third-order valence-corrected chi connectivity index (χ3v) is 6.31. The summed E-state index contributed by atoms with van der Waals surface area (Å²) in [5.41, 5.74) is 1.01. The van der Waals surface area contributed by atoms with Gasteiger partial charge in [-0.25, -0.2) is 0 Å². The van der Waals surface area contributed by atoms with Crippen molar-refractivity contribution in [3.8, 4) is 0 Å². The molecule has 1 aliphatic heterocycles. The second kappa shape index (κ2) is 15.9. The van der Waals surface area contributed by atoms with Gasteiger partial charge >= 0.3 is 5.97 Å². The lowest BCUT2D eigenvalue weighted by molar-refractivity contribution is -0.145. The third-order valence-electron chi connectivity index (χ3n) is 6.31. The normalized spacial score (nSPS) is 16.8. The van der Waals surface area contributed by atoms with Crippen molar-refractivity contribution in [2.24, 2.45) is 5.92 Å². The van der Waals surface area contributed by atoms with Gasteiger partial charge in [0.2, 0.25) is 11.8 Å². The number of aliphatic hydroxyl groups excluding tert-OH is 1. The van der Waals surface area contributed by atoms with Gasteiger partial charge < -0.3 is 20.1 Å². The summed E-state index contributed by atoms with van der Waals surface area (Å²) in [7, 11) is 0. The molecular formula is C28H40N2O5. The van der Waals surface area contributed by atoms with Crippen LogP contribution in [0.1, 0.15) is 56.9 Å². The number of nitrogens with zero attached hydrogens (tertiary/aromatic N) is 1. The Balaban J connectivity index is 2.00. The van der Waals surface area contributed by atoms with Gasteiger partial charge in [-0.2, -0.15) is 0 Å². The maximum atomic E-state index is 13.2. The van der Waals surface area contributed by atoms with Gasteiger partial charge in [-0.1, -0.05) is 42.5 Å². The zero-order chi connectivity index (χ0) is 25.5. The number of benzene rings is 1. The van der Waals surface area contributed by atoms with E-state index in [0.717, 1.165) is 37.7 Å². The summed E-state index contributed by atoms with van der Waals surface area (Å²) in [6, 6.07) is 9.10. The summed E-state index contributed by atoms with van der Waals surface area (Å²) in [4.78, 5) is 39.9. The Hall–Kier alpha value is -2.93. The van der Waals surface area contributed by atoms with E-state index in [1.54, 1.807) is 11.0 Å². The van der Waals surface area contributed by atoms with Crippen LogP contribution in [0.15, 0.2) is 55.6 Å². The van der Waals surface area contributed by atoms with E-state index >= 15 is 0 Å². The lowest BCUT2D eigenvalue weighted by atomic mass is 9.98. The second-order valence-corrected chi connectivity index (χ2v) is 9.10. The van der Waals surface area contributed by atoms with Gasteiger partial charge in [-0.3, -0.25) is 14.4 Å². The lowest BCUT2D eigenvalue weighted by Gasteiger charge is -2.26. The number of rotatable bonds is 16. The number of hydrogen-bond donors (Lipinski definition) is 2. The molecule has 2 amide bonds. The van der Waals surface area contributed by atoms with E-state index in [9.17, 15) is 19.5 Å². The third kappa shape index (κ3) is 10.1. The number of amides is 2. The van der Waals surface area contributed by atoms with Crippen LogP contribution in [0.3, 0.4) is 0 Å². The summed E-state index contributed by atoms with van der Waals surface area (Å²) in [6.07, 6.45) is 8.82. The molecule has 1 aromatic carbocycles. The minimum absolute atomic E-state index is 0.0511. The van der Waals surface area contributed by atoms with E-state index in [0.29, 0.717) is 25.8 Å². The van der Waals surface area contributed by atoms with Gasteiger partial charge in [-0.15, -0.1) is 13.2 Å². The van der Waals surface area contributed by atoms with Crippen LogP contribution in [0.2, 0.25) is 0 Å². The monoisotopic (exact) mass is 484 g/mol. The zero-order valence-corrected chi connectivity index (χ0v) is 20.7. The van der Waals surface area contributed by atoms with Gasteiger partial charge in [-0.05, 0) is 50.5 Å². The van der Waals surface area contributed by atoms with Gasteiger partial charge in [0, 0.05) is 19.4 Å². The summed E-state index contributed by atoms with van der Waals surface area (Å²) >= 11 is 0. The Bertz CT molecular complexity index is 826. The first kappa shape index (κ1) is 28.3. The van der Waals surface area contributed by atoms with Gasteiger partial charge in [0.1, 0.15) is 6.61 Å². The summed E-state index contributed by atoms with van der Waals surface area (Å²) < 4.78 is 5.49. The van der Waals surface area contributed by atoms with Crippen LogP contribution in [-0.4, -0.2) is 59.6 Å². The fraction of sp³-hybridized carbons (Fsp3) is 0.536. The molecule has 1 fully saturated rings. The van der Waals surface area contributed by atoms with Crippen LogP contribution in [0.4, 0.5) is 0 Å². The molecule has 1 heterocycles. The Morgan fingerprint density at radius 1 is 1.17 bits per heavy atom. The van der Waals surface area contributed by atoms with Crippen molar-refractivity contribution in [1.29, 1.82) is 0 Å². The number of nitrogens with one attached hydrogen (secondary N) is 1. The van der Waals surface area contributed by atoms with E-state index in [4.69, 9.17) is 4.74 Å². The summed E-state index contributed by atoms with van der Waals surface area (Å²) in [6.45, 7) is 8.03. The van der Waals surface area contributed by atoms with Crippen molar-refractivity contribution < 1.29 is 24.2 Å². The summed E-state index contributed by atoms with van der Waals surface area (Å²) in [5.74, 6) is -1.26. The first-order chi connectivity index (χ1) is 17.0. The maximum absolute atomic E-state index is 13.2. The van der Waals surface area contributed by atoms with Crippen molar-refractivity contribution in [2.75, 3.05) is 19.8 Å². The molecule has 35 heavy (non-hydrogen) atoms. The van der Waals surface area contributed by atoms with Crippen LogP contribution in [0, 0.1) is 5.92 Å². The number of hydrogen-bond acceptors (Lipinski definition) is 5. The number of carbonyl (C=O) groups is 3. The molecule has 2 rings (SSSR count). The van der Waals surface area contributed by atoms with E-state index in [1.165, 1.54) is 0 Å². The van der Waals surface area contributed by atoms with Crippen LogP contribution in [-0.2, 0) is 25.5 Å². The molecule has 0 aromatic heterocycles. The number of carbonyl (C=O) groups excluding carboxylic acids is 3. The number of aliphatic hydroxyl groups is 1. The van der Waals surface area contributed by atoms with Crippen molar-refractivity contribution in [2.45, 2.75) is 69.9 Å². The predicted molar refractivity (Wildman–Crippen MR) is 136 cm³/mol. The Labute approximate surface area is 209 Å². The smallest absolute Gasteiger partial charge is 0.305 e. The summed E-state index contributed by atoms with van der Waals surface area (Å²) in [5, 5.41) is 12.5. The predicted octanol–water partition coefficient (Wildman–Crippen LogP) is 3.57.